The SMILES string of the molecule is O=C(O)C1CCc2sc(Nc3ccc(F)cc3Cl)nc21. The predicted molar refractivity (Wildman–Crippen MR) is 75.5 cm³/mol. The van der Waals surface area contributed by atoms with Gasteiger partial charge in [-0.2, -0.15) is 0 Å². The van der Waals surface area contributed by atoms with Crippen molar-refractivity contribution in [1.82, 2.24) is 4.98 Å². The van der Waals surface area contributed by atoms with Crippen molar-refractivity contribution in [1.29, 1.82) is 0 Å². The van der Waals surface area contributed by atoms with Gasteiger partial charge in [-0.3, -0.25) is 4.79 Å². The van der Waals surface area contributed by atoms with E-state index in [-0.39, 0.29) is 5.02 Å². The quantitative estimate of drug-likeness (QED) is 0.905. The van der Waals surface area contributed by atoms with Gasteiger partial charge in [-0.05, 0) is 31.0 Å². The Balaban J connectivity index is 1.86. The summed E-state index contributed by atoms with van der Waals surface area (Å²) in [6.45, 7) is 0. The molecule has 1 unspecified atom stereocenters. The molecule has 0 bridgehead atoms. The van der Waals surface area contributed by atoms with Crippen molar-refractivity contribution in [2.75, 3.05) is 5.32 Å². The van der Waals surface area contributed by atoms with Gasteiger partial charge < -0.3 is 10.4 Å². The molecule has 104 valence electrons. The smallest absolute Gasteiger partial charge is 0.312 e. The number of aliphatic carboxylic acids is 1. The molecule has 1 aromatic carbocycles. The van der Waals surface area contributed by atoms with Gasteiger partial charge in [-0.1, -0.05) is 11.6 Å². The fraction of sp³-hybridized carbons (Fsp3) is 0.231. The molecule has 2 aromatic rings. The molecule has 2 N–H and O–H groups in total. The fourth-order valence-electron chi connectivity index (χ4n) is 2.23. The lowest BCUT2D eigenvalue weighted by Crippen LogP contribution is -2.08. The maximum Gasteiger partial charge on any atom is 0.312 e. The van der Waals surface area contributed by atoms with Crippen LogP contribution in [0.2, 0.25) is 5.02 Å². The molecule has 1 aliphatic rings. The Morgan fingerprint density at radius 1 is 1.55 bits per heavy atom. The summed E-state index contributed by atoms with van der Waals surface area (Å²) in [5.74, 6) is -1.78. The minimum Gasteiger partial charge on any atom is -0.481 e. The van der Waals surface area contributed by atoms with Crippen LogP contribution in [0.3, 0.4) is 0 Å². The van der Waals surface area contributed by atoms with E-state index >= 15 is 0 Å². The summed E-state index contributed by atoms with van der Waals surface area (Å²) in [4.78, 5) is 16.4. The number of aromatic nitrogens is 1. The van der Waals surface area contributed by atoms with Gasteiger partial charge in [0, 0.05) is 4.88 Å². The van der Waals surface area contributed by atoms with Crippen LogP contribution < -0.4 is 5.32 Å². The van der Waals surface area contributed by atoms with Crippen LogP contribution in [0.5, 0.6) is 0 Å². The first-order valence-electron chi connectivity index (χ1n) is 5.99. The van der Waals surface area contributed by atoms with Crippen LogP contribution in [0, 0.1) is 5.82 Å². The number of hydrogen-bond acceptors (Lipinski definition) is 4. The molecule has 3 rings (SSSR count). The van der Waals surface area contributed by atoms with Crippen molar-refractivity contribution in [3.63, 3.8) is 0 Å². The van der Waals surface area contributed by atoms with Crippen molar-refractivity contribution in [3.05, 3.63) is 39.6 Å². The van der Waals surface area contributed by atoms with E-state index in [1.54, 1.807) is 0 Å². The van der Waals surface area contributed by atoms with Crippen molar-refractivity contribution >= 4 is 39.7 Å². The Morgan fingerprint density at radius 2 is 2.35 bits per heavy atom. The maximum atomic E-state index is 13.0. The van der Waals surface area contributed by atoms with Crippen LogP contribution in [-0.4, -0.2) is 16.1 Å². The Morgan fingerprint density at radius 3 is 3.05 bits per heavy atom. The van der Waals surface area contributed by atoms with Gasteiger partial charge in [0.1, 0.15) is 11.7 Å². The predicted octanol–water partition coefficient (Wildman–Crippen LogP) is 3.79. The van der Waals surface area contributed by atoms with E-state index in [1.807, 2.05) is 0 Å². The molecule has 0 amide bonds. The number of carboxylic acid groups (broad SMARTS) is 1. The van der Waals surface area contributed by atoms with Gasteiger partial charge >= 0.3 is 5.97 Å². The van der Waals surface area contributed by atoms with Crippen molar-refractivity contribution in [2.24, 2.45) is 0 Å². The largest absolute Gasteiger partial charge is 0.481 e. The molecule has 0 saturated carbocycles. The highest BCUT2D eigenvalue weighted by Crippen LogP contribution is 2.39. The molecule has 4 nitrogen and oxygen atoms in total. The number of carbonyl (C=O) groups is 1. The highest BCUT2D eigenvalue weighted by molar-refractivity contribution is 7.15. The number of aryl methyl sites for hydroxylation is 1. The summed E-state index contributed by atoms with van der Waals surface area (Å²) < 4.78 is 13.0. The molecular weight excluding hydrogens is 303 g/mol. The highest BCUT2D eigenvalue weighted by Gasteiger charge is 2.32. The van der Waals surface area contributed by atoms with E-state index in [0.717, 1.165) is 11.3 Å². The zero-order chi connectivity index (χ0) is 14.3. The average Bonchev–Trinajstić information content (AvgIpc) is 2.91. The minimum atomic E-state index is -0.847. The van der Waals surface area contributed by atoms with E-state index < -0.39 is 17.7 Å². The Kier molecular flexibility index (Phi) is 3.35. The molecule has 0 fully saturated rings. The second kappa shape index (κ2) is 5.03. The van der Waals surface area contributed by atoms with Crippen LogP contribution >= 0.6 is 22.9 Å². The summed E-state index contributed by atoms with van der Waals surface area (Å²) >= 11 is 7.35. The number of nitrogens with zero attached hydrogens (tertiary/aromatic N) is 1. The fourth-order valence-corrected chi connectivity index (χ4v) is 3.49. The topological polar surface area (TPSA) is 62.2 Å². The van der Waals surface area contributed by atoms with Crippen LogP contribution in [0.15, 0.2) is 18.2 Å². The van der Waals surface area contributed by atoms with Gasteiger partial charge in [0.25, 0.3) is 0 Å². The minimum absolute atomic E-state index is 0.259. The van der Waals surface area contributed by atoms with Gasteiger partial charge in [0.2, 0.25) is 0 Å². The van der Waals surface area contributed by atoms with Crippen LogP contribution in [0.4, 0.5) is 15.2 Å². The number of benzene rings is 1. The third-order valence-corrected chi connectivity index (χ3v) is 4.55. The lowest BCUT2D eigenvalue weighted by atomic mass is 10.1. The second-order valence-electron chi connectivity index (χ2n) is 4.51. The zero-order valence-electron chi connectivity index (χ0n) is 10.2. The molecule has 0 saturated heterocycles. The van der Waals surface area contributed by atoms with E-state index in [4.69, 9.17) is 16.7 Å². The molecule has 0 aliphatic heterocycles. The number of nitrogens with one attached hydrogen (secondary N) is 1. The van der Waals surface area contributed by atoms with Gasteiger partial charge in [-0.15, -0.1) is 11.3 Å². The van der Waals surface area contributed by atoms with E-state index in [2.05, 4.69) is 10.3 Å². The molecule has 20 heavy (non-hydrogen) atoms. The van der Waals surface area contributed by atoms with Crippen molar-refractivity contribution in [3.8, 4) is 0 Å². The first kappa shape index (κ1) is 13.3. The number of halogens is 2. The van der Waals surface area contributed by atoms with Gasteiger partial charge in [-0.25, -0.2) is 9.37 Å². The van der Waals surface area contributed by atoms with E-state index in [0.29, 0.717) is 22.9 Å². The Bertz CT molecular complexity index is 689. The summed E-state index contributed by atoms with van der Waals surface area (Å²) in [7, 11) is 0. The zero-order valence-corrected chi connectivity index (χ0v) is 11.8. The van der Waals surface area contributed by atoms with Gasteiger partial charge in [0.05, 0.1) is 16.4 Å². The monoisotopic (exact) mass is 312 g/mol. The second-order valence-corrected chi connectivity index (χ2v) is 6.00. The van der Waals surface area contributed by atoms with Crippen LogP contribution in [0.25, 0.3) is 0 Å². The summed E-state index contributed by atoms with van der Waals surface area (Å²) in [5.41, 5.74) is 1.18. The summed E-state index contributed by atoms with van der Waals surface area (Å²) in [6, 6.07) is 4.04. The third kappa shape index (κ3) is 2.36. The highest BCUT2D eigenvalue weighted by atomic mass is 35.5. The normalized spacial score (nSPS) is 17.0. The molecule has 1 heterocycles. The lowest BCUT2D eigenvalue weighted by molar-refractivity contribution is -0.138. The Hall–Kier alpha value is -1.66. The van der Waals surface area contributed by atoms with Crippen molar-refractivity contribution < 1.29 is 14.3 Å². The molecule has 1 aromatic heterocycles. The maximum absolute atomic E-state index is 13.0. The molecule has 7 heteroatoms. The molecular formula is C13H10ClFN2O2S. The number of carboxylic acids is 1. The lowest BCUT2D eigenvalue weighted by Gasteiger charge is -2.06. The van der Waals surface area contributed by atoms with Crippen molar-refractivity contribution in [2.45, 2.75) is 18.8 Å². The summed E-state index contributed by atoms with van der Waals surface area (Å²) in [6.07, 6.45) is 1.32. The average molecular weight is 313 g/mol. The first-order valence-corrected chi connectivity index (χ1v) is 7.18. The van der Waals surface area contributed by atoms with Crippen LogP contribution in [-0.2, 0) is 11.2 Å². The van der Waals surface area contributed by atoms with E-state index in [9.17, 15) is 9.18 Å². The first-order chi connectivity index (χ1) is 9.54. The van der Waals surface area contributed by atoms with Gasteiger partial charge in [0.15, 0.2) is 5.13 Å². The number of hydrogen-bond donors (Lipinski definition) is 2. The number of thiazole rings is 1. The number of anilines is 2. The number of rotatable bonds is 3. The molecule has 1 aliphatic carbocycles. The standard InChI is InChI=1S/C13H10ClFN2O2S/c14-8-5-6(15)1-3-9(8)16-13-17-11-7(12(18)19)2-4-10(11)20-13/h1,3,5,7H,2,4H2,(H,16,17)(H,18,19). The van der Waals surface area contributed by atoms with Crippen LogP contribution in [0.1, 0.15) is 22.9 Å². The molecule has 0 radical (unpaired) electrons. The third-order valence-electron chi connectivity index (χ3n) is 3.19. The Labute approximate surface area is 123 Å². The molecule has 0 spiro atoms. The van der Waals surface area contributed by atoms with E-state index in [1.165, 1.54) is 29.5 Å². The number of fused-ring (bicyclic) bond motifs is 1. The summed E-state index contributed by atoms with van der Waals surface area (Å²) in [5, 5.41) is 13.0. The molecule has 1 atom stereocenters.